The number of hydrogen-bond acceptors (Lipinski definition) is 5. The number of rotatable bonds is 7. The second-order valence-corrected chi connectivity index (χ2v) is 6.36. The molecule has 2 aromatic heterocycles. The number of esters is 1. The van der Waals surface area contributed by atoms with E-state index in [1.807, 2.05) is 0 Å². The van der Waals surface area contributed by atoms with Crippen molar-refractivity contribution in [3.05, 3.63) is 27.2 Å². The largest absolute Gasteiger partial charge is 0.462 e. The maximum Gasteiger partial charge on any atom is 0.332 e. The maximum absolute atomic E-state index is 12.5. The molecule has 0 N–H and O–H groups in total. The Morgan fingerprint density at radius 1 is 1.33 bits per heavy atom. The van der Waals surface area contributed by atoms with Gasteiger partial charge in [-0.25, -0.2) is 9.78 Å². The van der Waals surface area contributed by atoms with Gasteiger partial charge >= 0.3 is 11.7 Å². The summed E-state index contributed by atoms with van der Waals surface area (Å²) in [5.41, 5.74) is 0.0988. The number of hydrogen-bond donors (Lipinski definition) is 0. The van der Waals surface area contributed by atoms with E-state index in [1.165, 1.54) is 22.4 Å². The average molecular weight is 401 g/mol. The van der Waals surface area contributed by atoms with Crippen LogP contribution in [-0.4, -0.2) is 36.1 Å². The van der Waals surface area contributed by atoms with Crippen LogP contribution in [0, 0.1) is 0 Å². The molecule has 0 aromatic carbocycles. The van der Waals surface area contributed by atoms with Crippen molar-refractivity contribution in [2.24, 2.45) is 14.1 Å². The van der Waals surface area contributed by atoms with E-state index < -0.39 is 0 Å². The Bertz CT molecular complexity index is 852. The second kappa shape index (κ2) is 7.78. The maximum atomic E-state index is 12.5. The zero-order valence-corrected chi connectivity index (χ0v) is 15.6. The van der Waals surface area contributed by atoms with E-state index in [2.05, 4.69) is 20.9 Å². The van der Waals surface area contributed by atoms with Crippen LogP contribution in [-0.2, 0) is 30.2 Å². The third-order valence-electron chi connectivity index (χ3n) is 3.86. The predicted molar refractivity (Wildman–Crippen MR) is 93.4 cm³/mol. The summed E-state index contributed by atoms with van der Waals surface area (Å²) in [5, 5.41) is 0.565. The monoisotopic (exact) mass is 400 g/mol. The first-order chi connectivity index (χ1) is 11.4. The normalized spacial score (nSPS) is 12.5. The van der Waals surface area contributed by atoms with Gasteiger partial charge in [0.25, 0.3) is 5.56 Å². The van der Waals surface area contributed by atoms with Crippen molar-refractivity contribution in [1.82, 2.24) is 18.7 Å². The molecule has 0 fully saturated rings. The molecule has 9 heteroatoms. The molecule has 0 spiro atoms. The molecular weight excluding hydrogens is 380 g/mol. The molecule has 0 amide bonds. The quantitative estimate of drug-likeness (QED) is 0.391. The van der Waals surface area contributed by atoms with Gasteiger partial charge in [-0.2, -0.15) is 0 Å². The van der Waals surface area contributed by atoms with Crippen molar-refractivity contribution in [2.75, 3.05) is 5.33 Å². The summed E-state index contributed by atoms with van der Waals surface area (Å²) in [4.78, 5) is 39.9. The second-order valence-electron chi connectivity index (χ2n) is 5.71. The van der Waals surface area contributed by atoms with Crippen LogP contribution in [0.25, 0.3) is 11.2 Å². The number of imidazole rings is 1. The molecule has 0 aliphatic carbocycles. The molecular formula is C15H21BrN4O4. The summed E-state index contributed by atoms with van der Waals surface area (Å²) in [6.07, 6.45) is 3.39. The van der Waals surface area contributed by atoms with Gasteiger partial charge in [0.2, 0.25) is 0 Å². The van der Waals surface area contributed by atoms with Crippen LogP contribution >= 0.6 is 15.9 Å². The zero-order valence-electron chi connectivity index (χ0n) is 14.0. The molecule has 1 atom stereocenters. The number of fused-ring (bicyclic) bond motifs is 1. The van der Waals surface area contributed by atoms with E-state index in [-0.39, 0.29) is 23.3 Å². The molecule has 0 aliphatic rings. The first-order valence-corrected chi connectivity index (χ1v) is 8.83. The Hall–Kier alpha value is -1.90. The van der Waals surface area contributed by atoms with Crippen molar-refractivity contribution in [3.8, 4) is 0 Å². The fourth-order valence-corrected chi connectivity index (χ4v) is 3.09. The van der Waals surface area contributed by atoms with Crippen molar-refractivity contribution in [3.63, 3.8) is 0 Å². The van der Waals surface area contributed by atoms with Crippen LogP contribution in [0.2, 0.25) is 0 Å². The lowest BCUT2D eigenvalue weighted by Gasteiger charge is -2.14. The lowest BCUT2D eigenvalue weighted by molar-refractivity contribution is -0.145. The molecule has 2 heterocycles. The number of nitrogens with zero attached hydrogens (tertiary/aromatic N) is 4. The molecule has 0 saturated carbocycles. The Labute approximate surface area is 147 Å². The molecule has 0 bridgehead atoms. The number of ether oxygens (including phenoxy) is 1. The van der Waals surface area contributed by atoms with Crippen LogP contribution in [0.4, 0.5) is 0 Å². The molecule has 0 saturated heterocycles. The number of alkyl halides is 1. The Balaban J connectivity index is 2.11. The van der Waals surface area contributed by atoms with Crippen molar-refractivity contribution in [2.45, 2.75) is 38.8 Å². The number of carbonyl (C=O) groups excluding carboxylic acids is 1. The van der Waals surface area contributed by atoms with Gasteiger partial charge in [0.15, 0.2) is 11.2 Å². The molecule has 0 radical (unpaired) electrons. The van der Waals surface area contributed by atoms with Gasteiger partial charge < -0.3 is 9.30 Å². The van der Waals surface area contributed by atoms with Gasteiger partial charge in [-0.05, 0) is 19.3 Å². The molecule has 1 unspecified atom stereocenters. The van der Waals surface area contributed by atoms with Gasteiger partial charge in [0.1, 0.15) is 6.10 Å². The minimum absolute atomic E-state index is 0.193. The van der Waals surface area contributed by atoms with E-state index >= 15 is 0 Å². The Kier molecular flexibility index (Phi) is 5.98. The fraction of sp³-hybridized carbons (Fsp3) is 0.600. The molecule has 8 nitrogen and oxygen atoms in total. The highest BCUT2D eigenvalue weighted by atomic mass is 79.9. The standard InChI is InChI=1S/C15H21BrN4O4/c1-10(21)24-11(8-16)6-4-5-7-20-14(22)12-13(17-9-18(12)2)19(3)15(20)23/h9,11H,4-8H2,1-3H3. The fourth-order valence-electron chi connectivity index (χ4n) is 2.64. The van der Waals surface area contributed by atoms with Crippen LogP contribution in [0.15, 0.2) is 15.9 Å². The third kappa shape index (κ3) is 3.77. The molecule has 24 heavy (non-hydrogen) atoms. The van der Waals surface area contributed by atoms with Crippen LogP contribution in [0.5, 0.6) is 0 Å². The number of carbonyl (C=O) groups is 1. The number of aromatic nitrogens is 4. The summed E-state index contributed by atoms with van der Waals surface area (Å²) < 4.78 is 9.39. The highest BCUT2D eigenvalue weighted by Crippen LogP contribution is 2.09. The predicted octanol–water partition coefficient (Wildman–Crippen LogP) is 0.931. The first kappa shape index (κ1) is 18.4. The Morgan fingerprint density at radius 2 is 2.04 bits per heavy atom. The van der Waals surface area contributed by atoms with Gasteiger partial charge in [-0.15, -0.1) is 0 Å². The SMILES string of the molecule is CC(=O)OC(CBr)CCCCn1c(=O)c2c(ncn2C)n(C)c1=O. The van der Waals surface area contributed by atoms with Gasteiger partial charge in [0, 0.05) is 32.9 Å². The molecule has 0 aliphatic heterocycles. The number of unbranched alkanes of at least 4 members (excludes halogenated alkanes) is 1. The summed E-state index contributed by atoms with van der Waals surface area (Å²) in [6, 6.07) is 0. The molecule has 2 rings (SSSR count). The lowest BCUT2D eigenvalue weighted by atomic mass is 10.1. The first-order valence-electron chi connectivity index (χ1n) is 7.70. The summed E-state index contributed by atoms with van der Waals surface area (Å²) in [6.45, 7) is 1.70. The van der Waals surface area contributed by atoms with Crippen molar-refractivity contribution >= 4 is 33.1 Å². The smallest absolute Gasteiger partial charge is 0.332 e. The van der Waals surface area contributed by atoms with Crippen molar-refractivity contribution in [1.29, 1.82) is 0 Å². The van der Waals surface area contributed by atoms with Crippen LogP contribution in [0.1, 0.15) is 26.2 Å². The zero-order chi connectivity index (χ0) is 17.9. The minimum Gasteiger partial charge on any atom is -0.462 e. The van der Waals surface area contributed by atoms with Crippen molar-refractivity contribution < 1.29 is 9.53 Å². The average Bonchev–Trinajstić information content (AvgIpc) is 2.92. The third-order valence-corrected chi connectivity index (χ3v) is 4.59. The van der Waals surface area contributed by atoms with E-state index in [1.54, 1.807) is 18.7 Å². The highest BCUT2D eigenvalue weighted by molar-refractivity contribution is 9.09. The van der Waals surface area contributed by atoms with Gasteiger partial charge in [-0.3, -0.25) is 18.7 Å². The van der Waals surface area contributed by atoms with Crippen LogP contribution in [0.3, 0.4) is 0 Å². The minimum atomic E-state index is -0.372. The molecule has 132 valence electrons. The van der Waals surface area contributed by atoms with Gasteiger partial charge in [-0.1, -0.05) is 15.9 Å². The lowest BCUT2D eigenvalue weighted by Crippen LogP contribution is -2.39. The number of aryl methyl sites for hydroxylation is 2. The summed E-state index contributed by atoms with van der Waals surface area (Å²) in [5.74, 6) is -0.314. The van der Waals surface area contributed by atoms with Gasteiger partial charge in [0.05, 0.1) is 6.33 Å². The topological polar surface area (TPSA) is 88.1 Å². The van der Waals surface area contributed by atoms with Crippen LogP contribution < -0.4 is 11.2 Å². The Morgan fingerprint density at radius 3 is 2.67 bits per heavy atom. The number of halogens is 1. The van der Waals surface area contributed by atoms with E-state index in [4.69, 9.17) is 4.74 Å². The molecule has 2 aromatic rings. The summed E-state index contributed by atoms with van der Waals surface area (Å²) >= 11 is 3.31. The van der Waals surface area contributed by atoms with E-state index in [0.717, 1.165) is 6.42 Å². The summed E-state index contributed by atoms with van der Waals surface area (Å²) in [7, 11) is 3.33. The van der Waals surface area contributed by atoms with E-state index in [0.29, 0.717) is 35.9 Å². The highest BCUT2D eigenvalue weighted by Gasteiger charge is 2.15. The van der Waals surface area contributed by atoms with E-state index in [9.17, 15) is 14.4 Å².